The van der Waals surface area contributed by atoms with Crippen molar-refractivity contribution in [2.75, 3.05) is 19.0 Å². The van der Waals surface area contributed by atoms with Crippen molar-refractivity contribution >= 4 is 45.6 Å². The number of hydrogen-bond donors (Lipinski definition) is 2. The van der Waals surface area contributed by atoms with Crippen LogP contribution < -0.4 is 10.9 Å². The van der Waals surface area contributed by atoms with Gasteiger partial charge in [0.25, 0.3) is 11.5 Å². The maximum absolute atomic E-state index is 12.8. The fourth-order valence-corrected chi connectivity index (χ4v) is 3.61. The normalized spacial score (nSPS) is 11.1. The Labute approximate surface area is 177 Å². The highest BCUT2D eigenvalue weighted by Crippen LogP contribution is 2.18. The van der Waals surface area contributed by atoms with Crippen molar-refractivity contribution < 1.29 is 9.53 Å². The molecule has 8 heteroatoms. The average Bonchev–Trinajstić information content (AvgIpc) is 2.75. The predicted octanol–water partition coefficient (Wildman–Crippen LogP) is 3.90. The molecule has 0 fully saturated rings. The second-order valence-corrected chi connectivity index (χ2v) is 7.25. The molecular weight excluding hydrogens is 400 g/mol. The molecule has 0 aliphatic heterocycles. The monoisotopic (exact) mass is 420 g/mol. The highest BCUT2D eigenvalue weighted by atomic mass is 32.1. The topological polar surface area (TPSA) is 89.0 Å². The van der Waals surface area contributed by atoms with Crippen LogP contribution in [0.3, 0.4) is 0 Å². The number of ether oxygens (including phenoxy) is 1. The molecule has 0 unspecified atom stereocenters. The van der Waals surface area contributed by atoms with Gasteiger partial charge in [-0.1, -0.05) is 6.07 Å². The van der Waals surface area contributed by atoms with Gasteiger partial charge in [0.2, 0.25) is 0 Å². The van der Waals surface area contributed by atoms with Crippen LogP contribution in [0.25, 0.3) is 21.8 Å². The van der Waals surface area contributed by atoms with Gasteiger partial charge in [0, 0.05) is 43.1 Å². The molecule has 0 radical (unpaired) electrons. The lowest BCUT2D eigenvalue weighted by atomic mass is 10.1. The van der Waals surface area contributed by atoms with E-state index < -0.39 is 0 Å². The van der Waals surface area contributed by atoms with Crippen molar-refractivity contribution in [1.82, 2.24) is 14.5 Å². The lowest BCUT2D eigenvalue weighted by Crippen LogP contribution is -2.23. The number of H-pyrrole nitrogens is 1. The molecule has 152 valence electrons. The van der Waals surface area contributed by atoms with E-state index in [0.717, 1.165) is 10.9 Å². The van der Waals surface area contributed by atoms with E-state index in [2.05, 4.69) is 15.3 Å². The minimum absolute atomic E-state index is 0.182. The maximum atomic E-state index is 12.8. The molecule has 2 aromatic heterocycles. The van der Waals surface area contributed by atoms with Gasteiger partial charge in [0.1, 0.15) is 0 Å². The number of rotatable bonds is 6. The van der Waals surface area contributed by atoms with Crippen molar-refractivity contribution in [3.63, 3.8) is 0 Å². The molecule has 0 bridgehead atoms. The lowest BCUT2D eigenvalue weighted by Gasteiger charge is -2.10. The Bertz CT molecular complexity index is 1360. The minimum atomic E-state index is -0.274. The number of hydrogen-bond acceptors (Lipinski definition) is 5. The fourth-order valence-electron chi connectivity index (χ4n) is 3.32. The van der Waals surface area contributed by atoms with E-state index in [0.29, 0.717) is 46.5 Å². The van der Waals surface area contributed by atoms with Crippen LogP contribution in [-0.2, 0) is 11.3 Å². The summed E-state index contributed by atoms with van der Waals surface area (Å²) >= 11 is 5.34. The smallest absolute Gasteiger partial charge is 0.262 e. The first-order chi connectivity index (χ1) is 14.6. The third kappa shape index (κ3) is 4.00. The zero-order valence-electron chi connectivity index (χ0n) is 16.3. The average molecular weight is 420 g/mol. The summed E-state index contributed by atoms with van der Waals surface area (Å²) in [6.07, 6.45) is 2.41. The number of amides is 1. The van der Waals surface area contributed by atoms with Gasteiger partial charge < -0.3 is 15.0 Å². The Morgan fingerprint density at radius 2 is 2.10 bits per heavy atom. The summed E-state index contributed by atoms with van der Waals surface area (Å²) in [6.45, 7) is 1.01. The van der Waals surface area contributed by atoms with Gasteiger partial charge in [0.15, 0.2) is 4.77 Å². The Morgan fingerprint density at radius 3 is 2.93 bits per heavy atom. The number of aromatic amines is 1. The first-order valence-corrected chi connectivity index (χ1v) is 9.89. The quantitative estimate of drug-likeness (QED) is 0.365. The second kappa shape index (κ2) is 8.56. The van der Waals surface area contributed by atoms with E-state index in [1.807, 2.05) is 24.3 Å². The second-order valence-electron chi connectivity index (χ2n) is 6.86. The number of carbonyl (C=O) groups excluding carboxylic acids is 1. The Kier molecular flexibility index (Phi) is 5.69. The molecule has 0 saturated heterocycles. The van der Waals surface area contributed by atoms with Crippen LogP contribution in [0.4, 0.5) is 5.69 Å². The molecule has 0 aliphatic rings. The first-order valence-electron chi connectivity index (χ1n) is 9.49. The molecule has 2 N–H and O–H groups in total. The van der Waals surface area contributed by atoms with Crippen LogP contribution in [0.2, 0.25) is 0 Å². The van der Waals surface area contributed by atoms with Crippen LogP contribution in [0.15, 0.2) is 59.5 Å². The molecule has 7 nitrogen and oxygen atoms in total. The Morgan fingerprint density at radius 1 is 1.23 bits per heavy atom. The number of carbonyl (C=O) groups is 1. The van der Waals surface area contributed by atoms with Crippen LogP contribution >= 0.6 is 12.2 Å². The molecule has 4 rings (SSSR count). The number of nitrogens with one attached hydrogen (secondary N) is 2. The number of fused-ring (bicyclic) bond motifs is 2. The molecule has 30 heavy (non-hydrogen) atoms. The summed E-state index contributed by atoms with van der Waals surface area (Å²) in [5.41, 5.74) is 2.30. The van der Waals surface area contributed by atoms with Crippen molar-refractivity contribution in [2.24, 2.45) is 0 Å². The summed E-state index contributed by atoms with van der Waals surface area (Å²) in [4.78, 5) is 32.8. The minimum Gasteiger partial charge on any atom is -0.385 e. The summed E-state index contributed by atoms with van der Waals surface area (Å²) in [7, 11) is 1.62. The van der Waals surface area contributed by atoms with Crippen LogP contribution in [-0.4, -0.2) is 34.2 Å². The molecule has 1 amide bonds. The van der Waals surface area contributed by atoms with Gasteiger partial charge in [-0.15, -0.1) is 0 Å². The first kappa shape index (κ1) is 19.9. The molecule has 2 heterocycles. The van der Waals surface area contributed by atoms with Crippen molar-refractivity contribution in [2.45, 2.75) is 13.0 Å². The van der Waals surface area contributed by atoms with Crippen molar-refractivity contribution in [3.05, 3.63) is 75.4 Å². The summed E-state index contributed by atoms with van der Waals surface area (Å²) < 4.78 is 6.87. The number of anilines is 1. The van der Waals surface area contributed by atoms with Gasteiger partial charge in [0.05, 0.1) is 16.4 Å². The summed E-state index contributed by atoms with van der Waals surface area (Å²) in [5.74, 6) is -0.274. The molecule has 0 atom stereocenters. The fraction of sp³-hybridized carbons (Fsp3) is 0.182. The maximum Gasteiger partial charge on any atom is 0.262 e. The van der Waals surface area contributed by atoms with Gasteiger partial charge in [-0.3, -0.25) is 19.1 Å². The largest absolute Gasteiger partial charge is 0.385 e. The van der Waals surface area contributed by atoms with Gasteiger partial charge in [-0.05, 0) is 61.1 Å². The van der Waals surface area contributed by atoms with E-state index in [1.54, 1.807) is 37.6 Å². The zero-order chi connectivity index (χ0) is 21.1. The molecule has 4 aromatic rings. The Hall–Kier alpha value is -3.36. The summed E-state index contributed by atoms with van der Waals surface area (Å²) in [5, 5.41) is 4.30. The number of benzene rings is 2. The van der Waals surface area contributed by atoms with E-state index in [1.165, 1.54) is 4.57 Å². The predicted molar refractivity (Wildman–Crippen MR) is 120 cm³/mol. The van der Waals surface area contributed by atoms with Gasteiger partial charge in [-0.2, -0.15) is 0 Å². The van der Waals surface area contributed by atoms with Gasteiger partial charge >= 0.3 is 0 Å². The van der Waals surface area contributed by atoms with Crippen molar-refractivity contribution in [3.8, 4) is 0 Å². The third-order valence-electron chi connectivity index (χ3n) is 4.84. The molecule has 0 aliphatic carbocycles. The highest BCUT2D eigenvalue weighted by Gasteiger charge is 2.11. The third-order valence-corrected chi connectivity index (χ3v) is 5.16. The van der Waals surface area contributed by atoms with E-state index in [4.69, 9.17) is 17.0 Å². The van der Waals surface area contributed by atoms with Crippen molar-refractivity contribution in [1.29, 1.82) is 0 Å². The Balaban J connectivity index is 1.62. The lowest BCUT2D eigenvalue weighted by molar-refractivity contribution is 0.102. The van der Waals surface area contributed by atoms with Gasteiger partial charge in [-0.25, -0.2) is 0 Å². The highest BCUT2D eigenvalue weighted by molar-refractivity contribution is 7.71. The standard InChI is InChI=1S/C22H20N4O3S/c1-29-11-3-10-26-21(28)17-7-5-15(13-19(17)25-22(26)30)20(27)24-16-6-8-18-14(12-16)4-2-9-23-18/h2,4-9,12-13H,3,10-11H2,1H3,(H,24,27)(H,25,30). The molecule has 0 spiro atoms. The molecule has 0 saturated carbocycles. The molecule has 2 aromatic carbocycles. The number of methoxy groups -OCH3 is 1. The van der Waals surface area contributed by atoms with Crippen LogP contribution in [0, 0.1) is 4.77 Å². The van der Waals surface area contributed by atoms with E-state index >= 15 is 0 Å². The van der Waals surface area contributed by atoms with Crippen LogP contribution in [0.1, 0.15) is 16.8 Å². The summed E-state index contributed by atoms with van der Waals surface area (Å²) in [6, 6.07) is 14.2. The number of nitrogens with zero attached hydrogens (tertiary/aromatic N) is 2. The number of pyridine rings is 1. The SMILES string of the molecule is COCCCn1c(=S)[nH]c2cc(C(=O)Nc3ccc4ncccc4c3)ccc2c1=O. The number of aromatic nitrogens is 3. The van der Waals surface area contributed by atoms with Crippen LogP contribution in [0.5, 0.6) is 0 Å². The molecular formula is C22H20N4O3S. The van der Waals surface area contributed by atoms with E-state index in [9.17, 15) is 9.59 Å². The zero-order valence-corrected chi connectivity index (χ0v) is 17.2. The van der Waals surface area contributed by atoms with E-state index in [-0.39, 0.29) is 11.5 Å².